The summed E-state index contributed by atoms with van der Waals surface area (Å²) in [5.74, 6) is 0. The number of rotatable bonds is 7. The van der Waals surface area contributed by atoms with Crippen LogP contribution in [0.2, 0.25) is 0 Å². The van der Waals surface area contributed by atoms with Crippen LogP contribution in [-0.4, -0.2) is 49.0 Å². The summed E-state index contributed by atoms with van der Waals surface area (Å²) < 4.78 is 5.69. The zero-order valence-corrected chi connectivity index (χ0v) is 9.95. The van der Waals surface area contributed by atoms with Crippen LogP contribution in [0.25, 0.3) is 0 Å². The van der Waals surface area contributed by atoms with Crippen molar-refractivity contribution < 1.29 is 9.84 Å². The smallest absolute Gasteiger partial charge is 0.0599 e. The third-order valence-electron chi connectivity index (χ3n) is 3.02. The normalized spacial score (nSPS) is 19.6. The molecule has 0 aromatic rings. The van der Waals surface area contributed by atoms with E-state index < -0.39 is 0 Å². The van der Waals surface area contributed by atoms with Gasteiger partial charge in [0.25, 0.3) is 0 Å². The molecule has 0 spiro atoms. The minimum Gasteiger partial charge on any atom is -0.396 e. The van der Waals surface area contributed by atoms with Gasteiger partial charge >= 0.3 is 0 Å². The van der Waals surface area contributed by atoms with Crippen molar-refractivity contribution in [2.75, 3.05) is 32.8 Å². The largest absolute Gasteiger partial charge is 0.396 e. The van der Waals surface area contributed by atoms with Gasteiger partial charge in [0, 0.05) is 26.3 Å². The van der Waals surface area contributed by atoms with E-state index in [9.17, 15) is 0 Å². The van der Waals surface area contributed by atoms with E-state index in [0.717, 1.165) is 25.9 Å². The maximum Gasteiger partial charge on any atom is 0.0599 e. The van der Waals surface area contributed by atoms with Crippen molar-refractivity contribution in [3.8, 4) is 0 Å². The average molecular weight is 215 g/mol. The van der Waals surface area contributed by atoms with Gasteiger partial charge in [-0.15, -0.1) is 0 Å². The Kier molecular flexibility index (Phi) is 6.98. The van der Waals surface area contributed by atoms with Crippen LogP contribution in [0.15, 0.2) is 0 Å². The molecule has 3 heteroatoms. The number of likely N-dealkylation sites (tertiary alicyclic amines) is 1. The lowest BCUT2D eigenvalue weighted by molar-refractivity contribution is 0.00215. The lowest BCUT2D eigenvalue weighted by atomic mass is 10.1. The fraction of sp³-hybridized carbons (Fsp3) is 1.00. The van der Waals surface area contributed by atoms with Crippen LogP contribution in [0.5, 0.6) is 0 Å². The minimum atomic E-state index is 0.245. The summed E-state index contributed by atoms with van der Waals surface area (Å²) in [6.45, 7) is 6.82. The first kappa shape index (κ1) is 12.9. The third-order valence-corrected chi connectivity index (χ3v) is 3.02. The zero-order valence-electron chi connectivity index (χ0n) is 9.95. The molecule has 1 aliphatic rings. The summed E-state index contributed by atoms with van der Waals surface area (Å²) in [7, 11) is 0. The molecular formula is C12H25NO2. The predicted octanol–water partition coefficient (Wildman–Crippen LogP) is 1.65. The number of hydrogen-bond donors (Lipinski definition) is 1. The van der Waals surface area contributed by atoms with Crippen LogP contribution in [0.4, 0.5) is 0 Å². The molecule has 3 nitrogen and oxygen atoms in total. The van der Waals surface area contributed by atoms with Crippen LogP contribution in [0.1, 0.15) is 39.0 Å². The number of ether oxygens (including phenoxy) is 1. The molecule has 1 fully saturated rings. The quantitative estimate of drug-likeness (QED) is 0.655. The van der Waals surface area contributed by atoms with Crippen molar-refractivity contribution in [3.63, 3.8) is 0 Å². The third kappa shape index (κ3) is 5.50. The summed E-state index contributed by atoms with van der Waals surface area (Å²) in [4.78, 5) is 2.54. The molecule has 0 aliphatic carbocycles. The van der Waals surface area contributed by atoms with Crippen molar-refractivity contribution >= 4 is 0 Å². The van der Waals surface area contributed by atoms with E-state index >= 15 is 0 Å². The molecule has 0 bridgehead atoms. The van der Waals surface area contributed by atoms with Crippen LogP contribution < -0.4 is 0 Å². The van der Waals surface area contributed by atoms with Gasteiger partial charge in [0.15, 0.2) is 0 Å². The lowest BCUT2D eigenvalue weighted by Gasteiger charge is -2.31. The number of aliphatic hydroxyl groups is 1. The van der Waals surface area contributed by atoms with Gasteiger partial charge in [-0.25, -0.2) is 0 Å². The highest BCUT2D eigenvalue weighted by atomic mass is 16.5. The highest BCUT2D eigenvalue weighted by molar-refractivity contribution is 4.72. The molecule has 1 saturated heterocycles. The monoisotopic (exact) mass is 215 g/mol. The Hall–Kier alpha value is -0.120. The SMILES string of the molecule is CCCCN1CCC(OCCCO)CC1. The molecule has 0 amide bonds. The summed E-state index contributed by atoms with van der Waals surface area (Å²) in [6.07, 6.45) is 6.14. The second-order valence-corrected chi connectivity index (χ2v) is 4.34. The Morgan fingerprint density at radius 1 is 1.27 bits per heavy atom. The highest BCUT2D eigenvalue weighted by Crippen LogP contribution is 2.14. The molecule has 90 valence electrons. The number of nitrogens with zero attached hydrogens (tertiary/aromatic N) is 1. The number of piperidine rings is 1. The van der Waals surface area contributed by atoms with Crippen molar-refractivity contribution in [3.05, 3.63) is 0 Å². The van der Waals surface area contributed by atoms with E-state index in [-0.39, 0.29) is 6.61 Å². The van der Waals surface area contributed by atoms with E-state index in [2.05, 4.69) is 11.8 Å². The summed E-state index contributed by atoms with van der Waals surface area (Å²) >= 11 is 0. The first-order chi connectivity index (χ1) is 7.36. The fourth-order valence-electron chi connectivity index (χ4n) is 2.00. The van der Waals surface area contributed by atoms with Gasteiger partial charge in [0.05, 0.1) is 6.10 Å². The van der Waals surface area contributed by atoms with Crippen molar-refractivity contribution in [1.82, 2.24) is 4.90 Å². The Balaban J connectivity index is 2.02. The predicted molar refractivity (Wildman–Crippen MR) is 62.0 cm³/mol. The highest BCUT2D eigenvalue weighted by Gasteiger charge is 2.18. The molecule has 0 aromatic heterocycles. The number of unbranched alkanes of at least 4 members (excludes halogenated alkanes) is 1. The second-order valence-electron chi connectivity index (χ2n) is 4.34. The van der Waals surface area contributed by atoms with Gasteiger partial charge in [-0.1, -0.05) is 13.3 Å². The molecule has 15 heavy (non-hydrogen) atoms. The second kappa shape index (κ2) is 8.08. The molecule has 0 unspecified atom stereocenters. The Morgan fingerprint density at radius 2 is 2.00 bits per heavy atom. The molecule has 0 atom stereocenters. The molecule has 0 aromatic carbocycles. The Labute approximate surface area is 93.4 Å². The molecule has 1 aliphatic heterocycles. The number of hydrogen-bond acceptors (Lipinski definition) is 3. The Morgan fingerprint density at radius 3 is 2.60 bits per heavy atom. The summed E-state index contributed by atoms with van der Waals surface area (Å²) in [5.41, 5.74) is 0. The molecule has 0 saturated carbocycles. The first-order valence-corrected chi connectivity index (χ1v) is 6.31. The fourth-order valence-corrected chi connectivity index (χ4v) is 2.00. The van der Waals surface area contributed by atoms with Crippen LogP contribution in [0, 0.1) is 0 Å². The molecule has 1 heterocycles. The Bertz CT molecular complexity index is 145. The van der Waals surface area contributed by atoms with Gasteiger partial charge in [-0.3, -0.25) is 0 Å². The van der Waals surface area contributed by atoms with Crippen molar-refractivity contribution in [2.45, 2.75) is 45.1 Å². The maximum absolute atomic E-state index is 8.65. The average Bonchev–Trinajstić information content (AvgIpc) is 2.28. The van der Waals surface area contributed by atoms with E-state index in [4.69, 9.17) is 9.84 Å². The van der Waals surface area contributed by atoms with Gasteiger partial charge in [-0.05, 0) is 32.2 Å². The zero-order chi connectivity index (χ0) is 10.9. The van der Waals surface area contributed by atoms with Gasteiger partial charge in [0.1, 0.15) is 0 Å². The van der Waals surface area contributed by atoms with Crippen LogP contribution in [-0.2, 0) is 4.74 Å². The van der Waals surface area contributed by atoms with Crippen molar-refractivity contribution in [1.29, 1.82) is 0 Å². The van der Waals surface area contributed by atoms with E-state index in [1.54, 1.807) is 0 Å². The molecular weight excluding hydrogens is 190 g/mol. The first-order valence-electron chi connectivity index (χ1n) is 6.31. The molecule has 1 rings (SSSR count). The molecule has 0 radical (unpaired) electrons. The van der Waals surface area contributed by atoms with E-state index in [0.29, 0.717) is 6.10 Å². The minimum absolute atomic E-state index is 0.245. The summed E-state index contributed by atoms with van der Waals surface area (Å²) in [5, 5.41) is 8.65. The topological polar surface area (TPSA) is 32.7 Å². The molecule has 1 N–H and O–H groups in total. The van der Waals surface area contributed by atoms with Crippen LogP contribution >= 0.6 is 0 Å². The van der Waals surface area contributed by atoms with Crippen molar-refractivity contribution in [2.24, 2.45) is 0 Å². The lowest BCUT2D eigenvalue weighted by Crippen LogP contribution is -2.37. The maximum atomic E-state index is 8.65. The standard InChI is InChI=1S/C12H25NO2/c1-2-3-7-13-8-5-12(6-9-13)15-11-4-10-14/h12,14H,2-11H2,1H3. The van der Waals surface area contributed by atoms with Gasteiger partial charge < -0.3 is 14.7 Å². The number of aliphatic hydroxyl groups excluding tert-OH is 1. The van der Waals surface area contributed by atoms with E-state index in [1.165, 1.54) is 32.5 Å². The van der Waals surface area contributed by atoms with Gasteiger partial charge in [0.2, 0.25) is 0 Å². The van der Waals surface area contributed by atoms with E-state index in [1.807, 2.05) is 0 Å². The summed E-state index contributed by atoms with van der Waals surface area (Å²) in [6, 6.07) is 0. The van der Waals surface area contributed by atoms with Crippen LogP contribution in [0.3, 0.4) is 0 Å². The van der Waals surface area contributed by atoms with Gasteiger partial charge in [-0.2, -0.15) is 0 Å².